The lowest BCUT2D eigenvalue weighted by Gasteiger charge is -2.35. The molecule has 0 aromatic heterocycles. The van der Waals surface area contributed by atoms with Gasteiger partial charge in [0, 0.05) is 11.3 Å². The molecule has 0 radical (unpaired) electrons. The normalized spacial score (nSPS) is 25.3. The molecule has 1 aliphatic rings. The fraction of sp³-hybridized carbons (Fsp3) is 0.562. The van der Waals surface area contributed by atoms with Crippen molar-refractivity contribution in [2.75, 3.05) is 5.75 Å². The van der Waals surface area contributed by atoms with Crippen LogP contribution in [0.5, 0.6) is 0 Å². The maximum absolute atomic E-state index is 4.77. The number of aryl methyl sites for hydroxylation is 1. The van der Waals surface area contributed by atoms with E-state index in [0.717, 1.165) is 24.6 Å². The van der Waals surface area contributed by atoms with Crippen molar-refractivity contribution >= 4 is 16.9 Å². The van der Waals surface area contributed by atoms with Crippen molar-refractivity contribution in [3.63, 3.8) is 0 Å². The van der Waals surface area contributed by atoms with Gasteiger partial charge in [-0.15, -0.1) is 0 Å². The summed E-state index contributed by atoms with van der Waals surface area (Å²) in [5.41, 5.74) is 2.99. The third kappa shape index (κ3) is 3.75. The quantitative estimate of drug-likeness (QED) is 0.899. The van der Waals surface area contributed by atoms with E-state index in [1.165, 1.54) is 23.3 Å². The van der Waals surface area contributed by atoms with Gasteiger partial charge in [0.25, 0.3) is 0 Å². The Morgan fingerprint density at radius 3 is 2.68 bits per heavy atom. The van der Waals surface area contributed by atoms with Crippen molar-refractivity contribution in [1.82, 2.24) is 5.32 Å². The molecule has 1 fully saturated rings. The molecule has 2 nitrogen and oxygen atoms in total. The smallest absolute Gasteiger partial charge is 0.157 e. The van der Waals surface area contributed by atoms with Crippen molar-refractivity contribution in [1.29, 1.82) is 0 Å². The van der Waals surface area contributed by atoms with Crippen LogP contribution in [0.15, 0.2) is 29.3 Å². The molecule has 1 aromatic carbocycles. The van der Waals surface area contributed by atoms with Crippen LogP contribution in [-0.4, -0.2) is 16.5 Å². The van der Waals surface area contributed by atoms with Gasteiger partial charge in [-0.25, -0.2) is 0 Å². The number of nitrogens with one attached hydrogen (secondary N) is 1. The minimum Gasteiger partial charge on any atom is -0.360 e. The fourth-order valence-corrected chi connectivity index (χ4v) is 3.51. The first-order valence-electron chi connectivity index (χ1n) is 7.19. The Morgan fingerprint density at radius 2 is 2.00 bits per heavy atom. The van der Waals surface area contributed by atoms with Crippen LogP contribution in [0.4, 0.5) is 0 Å². The molecule has 3 heteroatoms. The first-order chi connectivity index (χ1) is 9.17. The van der Waals surface area contributed by atoms with Crippen LogP contribution in [0.2, 0.25) is 0 Å². The number of benzene rings is 1. The third-order valence-electron chi connectivity index (χ3n) is 3.97. The topological polar surface area (TPSA) is 24.4 Å². The fourth-order valence-electron chi connectivity index (χ4n) is 2.29. The number of amidine groups is 1. The Hall–Kier alpha value is -0.960. The highest BCUT2D eigenvalue weighted by Gasteiger charge is 2.27. The van der Waals surface area contributed by atoms with E-state index in [4.69, 9.17) is 4.99 Å². The molecule has 104 valence electrons. The molecule has 1 atom stereocenters. The van der Waals surface area contributed by atoms with E-state index >= 15 is 0 Å². The standard InChI is InChI=1S/C16H24N2S/c1-4-13-8-6-7-9-14(13)12-17-15-18-16(3,5-2)10-11-19-15/h6-9H,4-5,10-12H2,1-3H3,(H,17,18). The van der Waals surface area contributed by atoms with Gasteiger partial charge < -0.3 is 5.32 Å². The largest absolute Gasteiger partial charge is 0.360 e. The van der Waals surface area contributed by atoms with Crippen LogP contribution in [0.3, 0.4) is 0 Å². The zero-order valence-corrected chi connectivity index (χ0v) is 13.0. The summed E-state index contributed by atoms with van der Waals surface area (Å²) in [4.78, 5) is 4.77. The second-order valence-electron chi connectivity index (χ2n) is 5.38. The van der Waals surface area contributed by atoms with Crippen LogP contribution in [0.1, 0.15) is 44.7 Å². The third-order valence-corrected chi connectivity index (χ3v) is 4.89. The summed E-state index contributed by atoms with van der Waals surface area (Å²) in [6.45, 7) is 7.53. The van der Waals surface area contributed by atoms with E-state index in [1.807, 2.05) is 11.8 Å². The molecular formula is C16H24N2S. The maximum atomic E-state index is 4.77. The molecule has 0 amide bonds. The lowest BCUT2D eigenvalue weighted by molar-refractivity contribution is 0.390. The first-order valence-corrected chi connectivity index (χ1v) is 8.17. The summed E-state index contributed by atoms with van der Waals surface area (Å²) >= 11 is 1.85. The van der Waals surface area contributed by atoms with Crippen LogP contribution in [-0.2, 0) is 13.0 Å². The van der Waals surface area contributed by atoms with Crippen molar-refractivity contribution in [3.05, 3.63) is 35.4 Å². The van der Waals surface area contributed by atoms with E-state index in [0.29, 0.717) is 0 Å². The summed E-state index contributed by atoms with van der Waals surface area (Å²) in [7, 11) is 0. The van der Waals surface area contributed by atoms with E-state index in [1.54, 1.807) is 0 Å². The Labute approximate surface area is 121 Å². The average molecular weight is 276 g/mol. The lowest BCUT2D eigenvalue weighted by Crippen LogP contribution is -2.48. The highest BCUT2D eigenvalue weighted by atomic mass is 32.2. The summed E-state index contributed by atoms with van der Waals surface area (Å²) in [6, 6.07) is 8.60. The average Bonchev–Trinajstić information content (AvgIpc) is 2.45. The van der Waals surface area contributed by atoms with E-state index in [9.17, 15) is 0 Å². The summed E-state index contributed by atoms with van der Waals surface area (Å²) in [6.07, 6.45) is 3.45. The monoisotopic (exact) mass is 276 g/mol. The van der Waals surface area contributed by atoms with E-state index in [2.05, 4.69) is 50.4 Å². The molecule has 19 heavy (non-hydrogen) atoms. The molecule has 0 aliphatic carbocycles. The minimum absolute atomic E-state index is 0.231. The van der Waals surface area contributed by atoms with Crippen molar-refractivity contribution in [2.45, 2.75) is 52.1 Å². The molecule has 0 bridgehead atoms. The van der Waals surface area contributed by atoms with Gasteiger partial charge in [-0.1, -0.05) is 49.9 Å². The number of hydrogen-bond acceptors (Lipinski definition) is 2. The van der Waals surface area contributed by atoms with Crippen molar-refractivity contribution < 1.29 is 0 Å². The molecule has 2 rings (SSSR count). The van der Waals surface area contributed by atoms with Gasteiger partial charge in [-0.3, -0.25) is 4.99 Å². The number of hydrogen-bond donors (Lipinski definition) is 1. The van der Waals surface area contributed by atoms with Crippen LogP contribution in [0.25, 0.3) is 0 Å². The molecule has 1 unspecified atom stereocenters. The summed E-state index contributed by atoms with van der Waals surface area (Å²) < 4.78 is 0. The molecule has 1 aliphatic heterocycles. The second-order valence-corrected chi connectivity index (χ2v) is 6.46. The highest BCUT2D eigenvalue weighted by Crippen LogP contribution is 2.25. The van der Waals surface area contributed by atoms with Crippen molar-refractivity contribution in [2.24, 2.45) is 4.99 Å². The summed E-state index contributed by atoms with van der Waals surface area (Å²) in [5.74, 6) is 1.17. The van der Waals surface area contributed by atoms with Gasteiger partial charge in [0.2, 0.25) is 0 Å². The Bertz CT molecular complexity index is 456. The molecule has 1 N–H and O–H groups in total. The second kappa shape index (κ2) is 6.47. The number of nitrogens with zero attached hydrogens (tertiary/aromatic N) is 1. The highest BCUT2D eigenvalue weighted by molar-refractivity contribution is 8.13. The SMILES string of the molecule is CCc1ccccc1CN=C1NC(C)(CC)CCS1. The number of thioether (sulfide) groups is 1. The minimum atomic E-state index is 0.231. The van der Waals surface area contributed by atoms with Crippen LogP contribution >= 0.6 is 11.8 Å². The van der Waals surface area contributed by atoms with E-state index < -0.39 is 0 Å². The Kier molecular flexibility index (Phi) is 4.92. The predicted octanol–water partition coefficient (Wildman–Crippen LogP) is 4.00. The van der Waals surface area contributed by atoms with Crippen LogP contribution in [0, 0.1) is 0 Å². The van der Waals surface area contributed by atoms with Gasteiger partial charge in [0.1, 0.15) is 0 Å². The van der Waals surface area contributed by atoms with Gasteiger partial charge >= 0.3 is 0 Å². The lowest BCUT2D eigenvalue weighted by atomic mass is 9.96. The molecular weight excluding hydrogens is 252 g/mol. The maximum Gasteiger partial charge on any atom is 0.157 e. The predicted molar refractivity (Wildman–Crippen MR) is 85.9 cm³/mol. The van der Waals surface area contributed by atoms with Gasteiger partial charge in [-0.2, -0.15) is 0 Å². The molecule has 1 aromatic rings. The molecule has 0 spiro atoms. The zero-order valence-electron chi connectivity index (χ0n) is 12.2. The zero-order chi connectivity index (χ0) is 13.7. The van der Waals surface area contributed by atoms with Crippen LogP contribution < -0.4 is 5.32 Å². The Balaban J connectivity index is 2.06. The van der Waals surface area contributed by atoms with Crippen molar-refractivity contribution in [3.8, 4) is 0 Å². The molecule has 1 saturated heterocycles. The number of aliphatic imine (C=N–C) groups is 1. The van der Waals surface area contributed by atoms with E-state index in [-0.39, 0.29) is 5.54 Å². The first kappa shape index (κ1) is 14.4. The van der Waals surface area contributed by atoms with Gasteiger partial charge in [0.05, 0.1) is 6.54 Å². The molecule has 0 saturated carbocycles. The molecule has 1 heterocycles. The van der Waals surface area contributed by atoms with Gasteiger partial charge in [-0.05, 0) is 37.3 Å². The Morgan fingerprint density at radius 1 is 1.26 bits per heavy atom. The van der Waals surface area contributed by atoms with Gasteiger partial charge in [0.15, 0.2) is 5.17 Å². The summed E-state index contributed by atoms with van der Waals surface area (Å²) in [5, 5.41) is 4.71. The number of rotatable bonds is 4.